The fourth-order valence-electron chi connectivity index (χ4n) is 1.33. The van der Waals surface area contributed by atoms with E-state index in [1.807, 2.05) is 13.8 Å². The SMILES string of the molecule is Cc1nc(Cn2cc(C(C)O)nn2)oc1C. The summed E-state index contributed by atoms with van der Waals surface area (Å²) in [5.41, 5.74) is 1.42. The van der Waals surface area contributed by atoms with Crippen LogP contribution in [0.3, 0.4) is 0 Å². The molecule has 0 fully saturated rings. The van der Waals surface area contributed by atoms with E-state index in [0.29, 0.717) is 18.1 Å². The monoisotopic (exact) mass is 222 g/mol. The number of rotatable bonds is 3. The van der Waals surface area contributed by atoms with Gasteiger partial charge in [-0.25, -0.2) is 9.67 Å². The van der Waals surface area contributed by atoms with Gasteiger partial charge in [-0.15, -0.1) is 5.10 Å². The number of hydrogen-bond donors (Lipinski definition) is 1. The van der Waals surface area contributed by atoms with Crippen molar-refractivity contribution in [1.82, 2.24) is 20.0 Å². The Morgan fingerprint density at radius 1 is 1.50 bits per heavy atom. The molecule has 1 unspecified atom stereocenters. The average Bonchev–Trinajstić information content (AvgIpc) is 2.76. The Balaban J connectivity index is 2.14. The molecule has 0 saturated heterocycles. The number of aliphatic hydroxyl groups excluding tert-OH is 1. The van der Waals surface area contributed by atoms with Crippen molar-refractivity contribution >= 4 is 0 Å². The van der Waals surface area contributed by atoms with Gasteiger partial charge in [-0.3, -0.25) is 0 Å². The lowest BCUT2D eigenvalue weighted by atomic mass is 10.3. The van der Waals surface area contributed by atoms with E-state index in [2.05, 4.69) is 15.3 Å². The molecule has 2 rings (SSSR count). The molecule has 2 heterocycles. The van der Waals surface area contributed by atoms with Crippen molar-refractivity contribution < 1.29 is 9.52 Å². The molecule has 0 aliphatic rings. The predicted molar refractivity (Wildman–Crippen MR) is 55.7 cm³/mol. The average molecular weight is 222 g/mol. The lowest BCUT2D eigenvalue weighted by Crippen LogP contribution is -2.00. The minimum absolute atomic E-state index is 0.425. The topological polar surface area (TPSA) is 77.0 Å². The maximum atomic E-state index is 9.30. The van der Waals surface area contributed by atoms with Gasteiger partial charge >= 0.3 is 0 Å². The maximum Gasteiger partial charge on any atom is 0.216 e. The van der Waals surface area contributed by atoms with E-state index in [4.69, 9.17) is 4.42 Å². The first-order valence-corrected chi connectivity index (χ1v) is 5.07. The standard InChI is InChI=1S/C10H14N4O2/c1-6-8(3)16-10(11-6)5-14-4-9(7(2)15)12-13-14/h4,7,15H,5H2,1-3H3. The third kappa shape index (κ3) is 2.11. The zero-order valence-electron chi connectivity index (χ0n) is 9.51. The summed E-state index contributed by atoms with van der Waals surface area (Å²) in [6, 6.07) is 0. The second kappa shape index (κ2) is 4.05. The van der Waals surface area contributed by atoms with Crippen molar-refractivity contribution in [1.29, 1.82) is 0 Å². The highest BCUT2D eigenvalue weighted by Crippen LogP contribution is 2.11. The Hall–Kier alpha value is -1.69. The Morgan fingerprint density at radius 3 is 2.75 bits per heavy atom. The van der Waals surface area contributed by atoms with Gasteiger partial charge in [-0.05, 0) is 20.8 Å². The summed E-state index contributed by atoms with van der Waals surface area (Å²) >= 11 is 0. The molecule has 16 heavy (non-hydrogen) atoms. The van der Waals surface area contributed by atoms with Crippen molar-refractivity contribution in [3.63, 3.8) is 0 Å². The fourth-order valence-corrected chi connectivity index (χ4v) is 1.33. The molecule has 0 amide bonds. The zero-order chi connectivity index (χ0) is 11.7. The summed E-state index contributed by atoms with van der Waals surface area (Å²) in [5.74, 6) is 1.41. The molecular weight excluding hydrogens is 208 g/mol. The van der Waals surface area contributed by atoms with Crippen LogP contribution in [0.2, 0.25) is 0 Å². The smallest absolute Gasteiger partial charge is 0.216 e. The minimum atomic E-state index is -0.609. The van der Waals surface area contributed by atoms with Crippen LogP contribution in [-0.2, 0) is 6.54 Å². The molecule has 0 spiro atoms. The fraction of sp³-hybridized carbons (Fsp3) is 0.500. The van der Waals surface area contributed by atoms with Crippen LogP contribution < -0.4 is 0 Å². The van der Waals surface area contributed by atoms with Crippen LogP contribution in [0.5, 0.6) is 0 Å². The quantitative estimate of drug-likeness (QED) is 0.837. The van der Waals surface area contributed by atoms with Crippen LogP contribution in [0.1, 0.15) is 36.1 Å². The molecule has 2 aromatic heterocycles. The molecule has 0 aromatic carbocycles. The van der Waals surface area contributed by atoms with E-state index in [-0.39, 0.29) is 0 Å². The molecule has 0 bridgehead atoms. The van der Waals surface area contributed by atoms with Crippen molar-refractivity contribution in [3.8, 4) is 0 Å². The number of oxazole rings is 1. The van der Waals surface area contributed by atoms with E-state index >= 15 is 0 Å². The van der Waals surface area contributed by atoms with Gasteiger partial charge < -0.3 is 9.52 Å². The van der Waals surface area contributed by atoms with Crippen molar-refractivity contribution in [2.75, 3.05) is 0 Å². The van der Waals surface area contributed by atoms with Crippen LogP contribution in [0, 0.1) is 13.8 Å². The van der Waals surface area contributed by atoms with Crippen molar-refractivity contribution in [2.24, 2.45) is 0 Å². The summed E-state index contributed by atoms with van der Waals surface area (Å²) in [6.07, 6.45) is 1.07. The van der Waals surface area contributed by atoms with Gasteiger partial charge in [0.05, 0.1) is 18.0 Å². The van der Waals surface area contributed by atoms with Crippen LogP contribution in [0.25, 0.3) is 0 Å². The van der Waals surface area contributed by atoms with Gasteiger partial charge in [0.15, 0.2) is 0 Å². The van der Waals surface area contributed by atoms with Crippen LogP contribution >= 0.6 is 0 Å². The minimum Gasteiger partial charge on any atom is -0.444 e. The predicted octanol–water partition coefficient (Wildman–Crippen LogP) is 0.985. The number of aliphatic hydroxyl groups is 1. The molecule has 0 aliphatic carbocycles. The Morgan fingerprint density at radius 2 is 2.25 bits per heavy atom. The summed E-state index contributed by atoms with van der Waals surface area (Å²) < 4.78 is 7.02. The Bertz CT molecular complexity index is 467. The molecule has 1 N–H and O–H groups in total. The van der Waals surface area contributed by atoms with E-state index < -0.39 is 6.10 Å². The van der Waals surface area contributed by atoms with Gasteiger partial charge in [-0.2, -0.15) is 0 Å². The summed E-state index contributed by atoms with van der Waals surface area (Å²) in [6.45, 7) is 5.83. The molecule has 6 heteroatoms. The number of aromatic nitrogens is 4. The van der Waals surface area contributed by atoms with Gasteiger partial charge in [-0.1, -0.05) is 5.21 Å². The van der Waals surface area contributed by atoms with E-state index in [1.165, 1.54) is 0 Å². The first-order chi connectivity index (χ1) is 7.56. The lowest BCUT2D eigenvalue weighted by Gasteiger charge is -1.95. The lowest BCUT2D eigenvalue weighted by molar-refractivity contribution is 0.194. The van der Waals surface area contributed by atoms with E-state index in [9.17, 15) is 5.11 Å². The van der Waals surface area contributed by atoms with Crippen LogP contribution in [0.4, 0.5) is 0 Å². The molecule has 2 aromatic rings. The Labute approximate surface area is 92.9 Å². The number of hydrogen-bond acceptors (Lipinski definition) is 5. The van der Waals surface area contributed by atoms with E-state index in [0.717, 1.165) is 11.5 Å². The maximum absolute atomic E-state index is 9.30. The molecule has 6 nitrogen and oxygen atoms in total. The van der Waals surface area contributed by atoms with Crippen molar-refractivity contribution in [2.45, 2.75) is 33.4 Å². The highest BCUT2D eigenvalue weighted by molar-refractivity contribution is 5.05. The third-order valence-corrected chi connectivity index (χ3v) is 2.35. The summed E-state index contributed by atoms with van der Waals surface area (Å²) in [7, 11) is 0. The first-order valence-electron chi connectivity index (χ1n) is 5.07. The summed E-state index contributed by atoms with van der Waals surface area (Å²) in [5, 5.41) is 17.0. The Kier molecular flexibility index (Phi) is 2.74. The number of aryl methyl sites for hydroxylation is 2. The zero-order valence-corrected chi connectivity index (χ0v) is 9.51. The summed E-state index contributed by atoms with van der Waals surface area (Å²) in [4.78, 5) is 4.24. The molecule has 1 atom stereocenters. The first kappa shape index (κ1) is 10.8. The highest BCUT2D eigenvalue weighted by atomic mass is 16.4. The van der Waals surface area contributed by atoms with Gasteiger partial charge in [0.1, 0.15) is 18.0 Å². The van der Waals surface area contributed by atoms with E-state index in [1.54, 1.807) is 17.8 Å². The van der Waals surface area contributed by atoms with Crippen LogP contribution in [-0.4, -0.2) is 25.1 Å². The van der Waals surface area contributed by atoms with Crippen LogP contribution in [0.15, 0.2) is 10.6 Å². The normalized spacial score (nSPS) is 13.0. The second-order valence-corrected chi connectivity index (χ2v) is 3.77. The van der Waals surface area contributed by atoms with Gasteiger partial charge in [0.25, 0.3) is 0 Å². The largest absolute Gasteiger partial charge is 0.444 e. The molecular formula is C10H14N4O2. The molecule has 0 radical (unpaired) electrons. The molecule has 86 valence electrons. The van der Waals surface area contributed by atoms with Gasteiger partial charge in [0.2, 0.25) is 5.89 Å². The van der Waals surface area contributed by atoms with Crippen molar-refractivity contribution in [3.05, 3.63) is 29.2 Å². The highest BCUT2D eigenvalue weighted by Gasteiger charge is 2.10. The molecule has 0 aliphatic heterocycles. The van der Waals surface area contributed by atoms with Gasteiger partial charge in [0, 0.05) is 0 Å². The number of nitrogens with zero attached hydrogens (tertiary/aromatic N) is 4. The third-order valence-electron chi connectivity index (χ3n) is 2.35. The molecule has 0 saturated carbocycles. The second-order valence-electron chi connectivity index (χ2n) is 3.77.